The van der Waals surface area contributed by atoms with Gasteiger partial charge in [-0.05, 0) is 73.2 Å². The number of nitrogens with one attached hydrogen (secondary N) is 2. The molecule has 2 heterocycles. The molecule has 6 rings (SSSR count). The molecule has 1 saturated heterocycles. The maximum absolute atomic E-state index is 13.7. The van der Waals surface area contributed by atoms with E-state index in [9.17, 15) is 9.59 Å². The predicted octanol–water partition coefficient (Wildman–Crippen LogP) is 6.20. The number of carbonyl (C=O) groups is 2. The van der Waals surface area contributed by atoms with E-state index < -0.39 is 0 Å². The number of amides is 2. The van der Waals surface area contributed by atoms with Crippen molar-refractivity contribution >= 4 is 40.1 Å². The van der Waals surface area contributed by atoms with Crippen LogP contribution in [0.3, 0.4) is 0 Å². The van der Waals surface area contributed by atoms with Gasteiger partial charge in [0, 0.05) is 29.6 Å². The summed E-state index contributed by atoms with van der Waals surface area (Å²) in [6, 6.07) is 25.1. The number of aliphatic imine (C=N–C) groups is 1. The second-order valence-electron chi connectivity index (χ2n) is 10.3. The van der Waals surface area contributed by atoms with Crippen LogP contribution in [0.4, 0.5) is 11.4 Å². The van der Waals surface area contributed by atoms with Gasteiger partial charge in [-0.2, -0.15) is 0 Å². The van der Waals surface area contributed by atoms with E-state index in [0.29, 0.717) is 17.0 Å². The number of nitrogens with zero attached hydrogens (tertiary/aromatic N) is 2. The minimum absolute atomic E-state index is 0.0223. The quantitative estimate of drug-likeness (QED) is 0.365. The number of ether oxygens (including phenoxy) is 1. The zero-order valence-corrected chi connectivity index (χ0v) is 23.4. The van der Waals surface area contributed by atoms with Crippen molar-refractivity contribution in [2.24, 2.45) is 10.9 Å². The maximum atomic E-state index is 13.7. The van der Waals surface area contributed by atoms with Gasteiger partial charge in [0.05, 0.1) is 24.4 Å². The second-order valence-corrected chi connectivity index (χ2v) is 11.4. The standard InChI is InChI=1S/C32H32N4O3S/c1-20-28(31(38)34-23-12-14-25(39-2)15-13-23)29(36-16-7-17-40-32(36)33-20)22-10-6-11-24(18-22)35-30(37)27-19-26(27)21-8-4-3-5-9-21/h3-6,8-15,18,26-27,29H,7,16-17,19H2,1-2H3,(H,34,38)(H,35,37). The molecule has 1 aliphatic carbocycles. The van der Waals surface area contributed by atoms with E-state index in [2.05, 4.69) is 27.7 Å². The highest BCUT2D eigenvalue weighted by Crippen LogP contribution is 2.48. The Balaban J connectivity index is 1.26. The number of hydrogen-bond acceptors (Lipinski definition) is 6. The molecule has 3 aliphatic rings. The summed E-state index contributed by atoms with van der Waals surface area (Å²) < 4.78 is 5.25. The topological polar surface area (TPSA) is 83.0 Å². The fourth-order valence-corrected chi connectivity index (χ4v) is 6.57. The summed E-state index contributed by atoms with van der Waals surface area (Å²) in [6.45, 7) is 2.71. The minimum Gasteiger partial charge on any atom is -0.497 e. The zero-order valence-electron chi connectivity index (χ0n) is 22.6. The summed E-state index contributed by atoms with van der Waals surface area (Å²) >= 11 is 1.72. The zero-order chi connectivity index (χ0) is 27.6. The van der Waals surface area contributed by atoms with Crippen molar-refractivity contribution < 1.29 is 14.3 Å². The Labute approximate surface area is 238 Å². The first kappa shape index (κ1) is 26.2. The molecule has 8 heteroatoms. The lowest BCUT2D eigenvalue weighted by Gasteiger charge is -2.41. The van der Waals surface area contributed by atoms with Gasteiger partial charge in [-0.3, -0.25) is 9.59 Å². The summed E-state index contributed by atoms with van der Waals surface area (Å²) in [5.41, 5.74) is 4.89. The van der Waals surface area contributed by atoms with Crippen molar-refractivity contribution in [1.82, 2.24) is 4.90 Å². The summed E-state index contributed by atoms with van der Waals surface area (Å²) in [6.07, 6.45) is 1.87. The highest BCUT2D eigenvalue weighted by Gasteiger charge is 2.44. The van der Waals surface area contributed by atoms with Gasteiger partial charge in [0.25, 0.3) is 5.91 Å². The molecule has 2 aliphatic heterocycles. The van der Waals surface area contributed by atoms with Crippen LogP contribution < -0.4 is 15.4 Å². The number of anilines is 2. The molecule has 40 heavy (non-hydrogen) atoms. The molecular weight excluding hydrogens is 520 g/mol. The highest BCUT2D eigenvalue weighted by molar-refractivity contribution is 8.13. The Morgan fingerprint density at radius 1 is 0.950 bits per heavy atom. The van der Waals surface area contributed by atoms with Gasteiger partial charge in [-0.1, -0.05) is 54.2 Å². The molecule has 2 N–H and O–H groups in total. The molecule has 3 aromatic carbocycles. The van der Waals surface area contributed by atoms with E-state index in [1.807, 2.05) is 73.7 Å². The van der Waals surface area contributed by atoms with Crippen molar-refractivity contribution in [2.45, 2.75) is 31.7 Å². The maximum Gasteiger partial charge on any atom is 0.255 e. The summed E-state index contributed by atoms with van der Waals surface area (Å²) in [7, 11) is 1.61. The summed E-state index contributed by atoms with van der Waals surface area (Å²) in [5, 5.41) is 7.13. The molecule has 2 amide bonds. The lowest BCUT2D eigenvalue weighted by molar-refractivity contribution is -0.117. The van der Waals surface area contributed by atoms with Gasteiger partial charge in [-0.15, -0.1) is 0 Å². The Bertz CT molecular complexity index is 1490. The molecule has 2 fully saturated rings. The highest BCUT2D eigenvalue weighted by atomic mass is 32.2. The van der Waals surface area contributed by atoms with Crippen molar-refractivity contribution in [1.29, 1.82) is 0 Å². The van der Waals surface area contributed by atoms with Gasteiger partial charge in [0.1, 0.15) is 5.75 Å². The third kappa shape index (κ3) is 5.36. The van der Waals surface area contributed by atoms with Gasteiger partial charge >= 0.3 is 0 Å². The summed E-state index contributed by atoms with van der Waals surface area (Å²) in [4.78, 5) is 33.9. The molecular formula is C32H32N4O3S. The van der Waals surface area contributed by atoms with Gasteiger partial charge in [0.15, 0.2) is 5.17 Å². The van der Waals surface area contributed by atoms with Gasteiger partial charge in [0.2, 0.25) is 5.91 Å². The molecule has 0 bridgehead atoms. The van der Waals surface area contributed by atoms with Crippen LogP contribution in [0, 0.1) is 5.92 Å². The molecule has 1 saturated carbocycles. The number of methoxy groups -OCH3 is 1. The van der Waals surface area contributed by atoms with E-state index in [1.54, 1.807) is 18.9 Å². The fraction of sp³-hybridized carbons (Fsp3) is 0.281. The lowest BCUT2D eigenvalue weighted by atomic mass is 9.93. The number of amidine groups is 1. The third-order valence-corrected chi connectivity index (χ3v) is 8.75. The number of rotatable bonds is 7. The first-order chi connectivity index (χ1) is 19.5. The van der Waals surface area contributed by atoms with Crippen LogP contribution in [0.25, 0.3) is 0 Å². The first-order valence-electron chi connectivity index (χ1n) is 13.6. The van der Waals surface area contributed by atoms with Crippen LogP contribution in [0.15, 0.2) is 95.1 Å². The van der Waals surface area contributed by atoms with Crippen LogP contribution in [0.5, 0.6) is 5.75 Å². The van der Waals surface area contributed by atoms with Crippen molar-refractivity contribution in [2.75, 3.05) is 30.0 Å². The van der Waals surface area contributed by atoms with E-state index >= 15 is 0 Å². The first-order valence-corrected chi connectivity index (χ1v) is 14.6. The number of thioether (sulfide) groups is 1. The largest absolute Gasteiger partial charge is 0.497 e. The Morgan fingerprint density at radius 3 is 2.50 bits per heavy atom. The second kappa shape index (κ2) is 11.2. The third-order valence-electron chi connectivity index (χ3n) is 7.68. The molecule has 3 aromatic rings. The normalized spacial score (nSPS) is 21.7. The molecule has 0 aromatic heterocycles. The van der Waals surface area contributed by atoms with Gasteiger partial charge in [-0.25, -0.2) is 4.99 Å². The molecule has 204 valence electrons. The van der Waals surface area contributed by atoms with Crippen LogP contribution in [0.1, 0.15) is 42.9 Å². The van der Waals surface area contributed by atoms with Crippen molar-refractivity contribution in [3.63, 3.8) is 0 Å². The smallest absolute Gasteiger partial charge is 0.255 e. The number of hydrogen-bond donors (Lipinski definition) is 2. The Kier molecular flexibility index (Phi) is 7.34. The average molecular weight is 553 g/mol. The number of fused-ring (bicyclic) bond motifs is 1. The molecule has 3 atom stereocenters. The molecule has 7 nitrogen and oxygen atoms in total. The van der Waals surface area contributed by atoms with E-state index in [-0.39, 0.29) is 29.7 Å². The van der Waals surface area contributed by atoms with Crippen LogP contribution >= 0.6 is 11.8 Å². The van der Waals surface area contributed by atoms with E-state index in [0.717, 1.165) is 47.3 Å². The SMILES string of the molecule is COc1ccc(NC(=O)C2=C(C)N=C3SCCCN3C2c2cccc(NC(=O)C3CC3c3ccccc3)c2)cc1. The summed E-state index contributed by atoms with van der Waals surface area (Å²) in [5.74, 6) is 1.82. The number of allylic oxidation sites excluding steroid dienone is 1. The van der Waals surface area contributed by atoms with E-state index in [4.69, 9.17) is 9.73 Å². The van der Waals surface area contributed by atoms with Crippen LogP contribution in [-0.2, 0) is 9.59 Å². The van der Waals surface area contributed by atoms with Gasteiger partial charge < -0.3 is 20.3 Å². The Morgan fingerprint density at radius 2 is 1.73 bits per heavy atom. The fourth-order valence-electron chi connectivity index (χ4n) is 5.55. The number of carbonyl (C=O) groups excluding carboxylic acids is 2. The molecule has 0 spiro atoms. The van der Waals surface area contributed by atoms with Crippen LogP contribution in [0.2, 0.25) is 0 Å². The van der Waals surface area contributed by atoms with Crippen LogP contribution in [-0.4, -0.2) is 41.3 Å². The van der Waals surface area contributed by atoms with E-state index in [1.165, 1.54) is 5.56 Å². The average Bonchev–Trinajstić information content (AvgIpc) is 3.79. The monoisotopic (exact) mass is 552 g/mol. The van der Waals surface area contributed by atoms with Crippen molar-refractivity contribution in [3.8, 4) is 5.75 Å². The predicted molar refractivity (Wildman–Crippen MR) is 161 cm³/mol. The molecule has 3 unspecified atom stereocenters. The number of benzene rings is 3. The van der Waals surface area contributed by atoms with Crippen molar-refractivity contribution in [3.05, 3.63) is 101 Å². The Hall–Kier alpha value is -4.04. The minimum atomic E-state index is -0.312. The lowest BCUT2D eigenvalue weighted by Crippen LogP contribution is -2.43. The molecule has 0 radical (unpaired) electrons.